The average Bonchev–Trinajstić information content (AvgIpc) is 2.64. The molecule has 0 amide bonds. The maximum atomic E-state index is 10.7. The maximum Gasteiger partial charge on any atom is 0.294 e. The molecular formula is C9H9N2O3. The van der Waals surface area contributed by atoms with Crippen LogP contribution < -0.4 is 10.1 Å². The first kappa shape index (κ1) is 8.80. The number of methoxy groups -OCH3 is 1. The lowest BCUT2D eigenvalue weighted by atomic mass is 10.1. The summed E-state index contributed by atoms with van der Waals surface area (Å²) in [6, 6.07) is 3.06. The van der Waals surface area contributed by atoms with Crippen molar-refractivity contribution in [2.75, 3.05) is 13.7 Å². The molecule has 0 bridgehead atoms. The molecule has 0 saturated heterocycles. The molecule has 0 unspecified atom stereocenters. The number of nitro benzene ring substituents is 1. The van der Waals surface area contributed by atoms with Crippen LogP contribution in [-0.2, 0) is 6.42 Å². The molecule has 5 nitrogen and oxygen atoms in total. The SMILES string of the molecule is COc1ccc([N+](=O)[O-])c2c1CC[N]2. The predicted octanol–water partition coefficient (Wildman–Crippen LogP) is 1.40. The Morgan fingerprint density at radius 2 is 2.36 bits per heavy atom. The molecular weight excluding hydrogens is 184 g/mol. The smallest absolute Gasteiger partial charge is 0.294 e. The third-order valence-electron chi connectivity index (χ3n) is 2.27. The molecule has 1 aromatic rings. The van der Waals surface area contributed by atoms with Crippen LogP contribution in [0.15, 0.2) is 12.1 Å². The highest BCUT2D eigenvalue weighted by atomic mass is 16.6. The Labute approximate surface area is 80.8 Å². The van der Waals surface area contributed by atoms with Crippen LogP contribution >= 0.6 is 0 Å². The second kappa shape index (κ2) is 3.17. The lowest BCUT2D eigenvalue weighted by Gasteiger charge is -2.05. The molecule has 1 aliphatic heterocycles. The van der Waals surface area contributed by atoms with E-state index in [9.17, 15) is 10.1 Å². The van der Waals surface area contributed by atoms with Gasteiger partial charge < -0.3 is 4.74 Å². The standard InChI is InChI=1S/C9H9N2O3/c1-14-8-3-2-7(11(12)13)9-6(8)4-5-10-9/h2-3H,4-5H2,1H3. The Morgan fingerprint density at radius 3 is 3.00 bits per heavy atom. The van der Waals surface area contributed by atoms with Crippen molar-refractivity contribution in [3.63, 3.8) is 0 Å². The van der Waals surface area contributed by atoms with Crippen LogP contribution in [0.5, 0.6) is 5.75 Å². The van der Waals surface area contributed by atoms with E-state index in [0.717, 1.165) is 12.0 Å². The summed E-state index contributed by atoms with van der Waals surface area (Å²) in [6.45, 7) is 0.608. The number of hydrogen-bond acceptors (Lipinski definition) is 3. The van der Waals surface area contributed by atoms with Gasteiger partial charge in [0.15, 0.2) is 0 Å². The van der Waals surface area contributed by atoms with Crippen LogP contribution in [0.2, 0.25) is 0 Å². The van der Waals surface area contributed by atoms with Gasteiger partial charge in [0.05, 0.1) is 12.0 Å². The molecule has 0 atom stereocenters. The molecule has 0 spiro atoms. The fourth-order valence-electron chi connectivity index (χ4n) is 1.64. The molecule has 2 rings (SSSR count). The number of fused-ring (bicyclic) bond motifs is 1. The van der Waals surface area contributed by atoms with Crippen molar-refractivity contribution in [1.29, 1.82) is 0 Å². The normalized spacial score (nSPS) is 13.2. The highest BCUT2D eigenvalue weighted by Gasteiger charge is 2.26. The summed E-state index contributed by atoms with van der Waals surface area (Å²) in [5, 5.41) is 14.8. The molecule has 1 heterocycles. The third-order valence-corrected chi connectivity index (χ3v) is 2.27. The molecule has 1 aliphatic rings. The van der Waals surface area contributed by atoms with Crippen molar-refractivity contribution in [3.05, 3.63) is 27.8 Å². The predicted molar refractivity (Wildman–Crippen MR) is 50.0 cm³/mol. The van der Waals surface area contributed by atoms with E-state index in [2.05, 4.69) is 5.32 Å². The quantitative estimate of drug-likeness (QED) is 0.526. The van der Waals surface area contributed by atoms with Gasteiger partial charge in [-0.05, 0) is 12.5 Å². The minimum absolute atomic E-state index is 0.0679. The fraction of sp³-hybridized carbons (Fsp3) is 0.333. The van der Waals surface area contributed by atoms with Gasteiger partial charge in [0, 0.05) is 18.2 Å². The molecule has 73 valence electrons. The molecule has 0 N–H and O–H groups in total. The van der Waals surface area contributed by atoms with Crippen molar-refractivity contribution in [2.24, 2.45) is 0 Å². The van der Waals surface area contributed by atoms with Gasteiger partial charge in [-0.2, -0.15) is 0 Å². The highest BCUT2D eigenvalue weighted by molar-refractivity contribution is 5.68. The van der Waals surface area contributed by atoms with Gasteiger partial charge in [-0.1, -0.05) is 0 Å². The minimum Gasteiger partial charge on any atom is -0.496 e. The molecule has 1 radical (unpaired) electrons. The number of nitro groups is 1. The number of nitrogens with zero attached hydrogens (tertiary/aromatic N) is 2. The fourth-order valence-corrected chi connectivity index (χ4v) is 1.64. The van der Waals surface area contributed by atoms with E-state index in [1.807, 2.05) is 0 Å². The molecule has 1 aromatic carbocycles. The van der Waals surface area contributed by atoms with E-state index in [1.165, 1.54) is 6.07 Å². The van der Waals surface area contributed by atoms with Crippen molar-refractivity contribution in [3.8, 4) is 5.75 Å². The van der Waals surface area contributed by atoms with Gasteiger partial charge in [0.2, 0.25) is 0 Å². The Bertz CT molecular complexity index is 390. The summed E-state index contributed by atoms with van der Waals surface area (Å²) in [5.41, 5.74) is 1.40. The average molecular weight is 193 g/mol. The Kier molecular flexibility index (Phi) is 1.99. The second-order valence-corrected chi connectivity index (χ2v) is 3.00. The summed E-state index contributed by atoms with van der Waals surface area (Å²) in [4.78, 5) is 10.3. The lowest BCUT2D eigenvalue weighted by molar-refractivity contribution is -0.384. The van der Waals surface area contributed by atoms with Crippen LogP contribution in [-0.4, -0.2) is 18.6 Å². The summed E-state index contributed by atoms with van der Waals surface area (Å²) in [7, 11) is 1.56. The number of rotatable bonds is 2. The molecule has 0 saturated carbocycles. The van der Waals surface area contributed by atoms with E-state index in [0.29, 0.717) is 18.0 Å². The monoisotopic (exact) mass is 193 g/mol. The van der Waals surface area contributed by atoms with Crippen molar-refractivity contribution >= 4 is 11.4 Å². The number of hydrogen-bond donors (Lipinski definition) is 0. The summed E-state index contributed by atoms with van der Waals surface area (Å²) in [6.07, 6.45) is 0.722. The Balaban J connectivity index is 2.58. The van der Waals surface area contributed by atoms with Crippen molar-refractivity contribution in [1.82, 2.24) is 5.32 Å². The van der Waals surface area contributed by atoms with Crippen LogP contribution in [0.25, 0.3) is 0 Å². The minimum atomic E-state index is -0.410. The van der Waals surface area contributed by atoms with Crippen molar-refractivity contribution in [2.45, 2.75) is 6.42 Å². The first-order chi connectivity index (χ1) is 6.74. The maximum absolute atomic E-state index is 10.7. The molecule has 5 heteroatoms. The number of benzene rings is 1. The van der Waals surface area contributed by atoms with Crippen LogP contribution in [0, 0.1) is 10.1 Å². The van der Waals surface area contributed by atoms with Gasteiger partial charge >= 0.3 is 0 Å². The topological polar surface area (TPSA) is 66.5 Å². The van der Waals surface area contributed by atoms with E-state index < -0.39 is 4.92 Å². The zero-order chi connectivity index (χ0) is 10.1. The summed E-state index contributed by atoms with van der Waals surface area (Å²) >= 11 is 0. The second-order valence-electron chi connectivity index (χ2n) is 3.00. The van der Waals surface area contributed by atoms with Gasteiger partial charge in [-0.15, -0.1) is 0 Å². The summed E-state index contributed by atoms with van der Waals surface area (Å²) in [5.74, 6) is 0.687. The van der Waals surface area contributed by atoms with Gasteiger partial charge in [-0.3, -0.25) is 15.4 Å². The largest absolute Gasteiger partial charge is 0.496 e. The zero-order valence-electron chi connectivity index (χ0n) is 7.69. The van der Waals surface area contributed by atoms with E-state index in [4.69, 9.17) is 4.74 Å². The zero-order valence-corrected chi connectivity index (χ0v) is 7.69. The van der Waals surface area contributed by atoms with Crippen molar-refractivity contribution < 1.29 is 9.66 Å². The van der Waals surface area contributed by atoms with Gasteiger partial charge in [-0.25, -0.2) is 0 Å². The number of ether oxygens (including phenoxy) is 1. The van der Waals surface area contributed by atoms with Crippen LogP contribution in [0.3, 0.4) is 0 Å². The first-order valence-electron chi connectivity index (χ1n) is 4.26. The van der Waals surface area contributed by atoms with Crippen LogP contribution in [0.1, 0.15) is 5.56 Å². The first-order valence-corrected chi connectivity index (χ1v) is 4.26. The van der Waals surface area contributed by atoms with E-state index in [-0.39, 0.29) is 5.69 Å². The highest BCUT2D eigenvalue weighted by Crippen LogP contribution is 2.38. The van der Waals surface area contributed by atoms with Gasteiger partial charge in [0.1, 0.15) is 11.4 Å². The summed E-state index contributed by atoms with van der Waals surface area (Å²) < 4.78 is 5.11. The Morgan fingerprint density at radius 1 is 1.57 bits per heavy atom. The Hall–Kier alpha value is -1.78. The third kappa shape index (κ3) is 1.17. The molecule has 0 fully saturated rings. The molecule has 0 aliphatic carbocycles. The van der Waals surface area contributed by atoms with E-state index >= 15 is 0 Å². The van der Waals surface area contributed by atoms with Gasteiger partial charge in [0.25, 0.3) is 5.69 Å². The lowest BCUT2D eigenvalue weighted by Crippen LogP contribution is -1.96. The molecule has 14 heavy (non-hydrogen) atoms. The molecule has 0 aromatic heterocycles. The van der Waals surface area contributed by atoms with E-state index in [1.54, 1.807) is 13.2 Å². The van der Waals surface area contributed by atoms with Crippen LogP contribution in [0.4, 0.5) is 11.4 Å².